The Balaban J connectivity index is 1.92. The number of hydrogen-bond donors (Lipinski definition) is 2. The number of hydrogen-bond acceptors (Lipinski definition) is 4. The fourth-order valence-corrected chi connectivity index (χ4v) is 2.99. The van der Waals surface area contributed by atoms with Crippen LogP contribution in [-0.2, 0) is 7.05 Å². The molecule has 0 bridgehead atoms. The number of amides is 1. The van der Waals surface area contributed by atoms with E-state index in [9.17, 15) is 4.79 Å². The molecule has 0 aliphatic carbocycles. The van der Waals surface area contributed by atoms with E-state index >= 15 is 0 Å². The summed E-state index contributed by atoms with van der Waals surface area (Å²) >= 11 is 0. The topological polar surface area (TPSA) is 92.8 Å². The highest BCUT2D eigenvalue weighted by Gasteiger charge is 2.30. The Kier molecular flexibility index (Phi) is 3.64. The van der Waals surface area contributed by atoms with Crippen LogP contribution in [0.2, 0.25) is 0 Å². The fraction of sp³-hybridized carbons (Fsp3) is 0.500. The van der Waals surface area contributed by atoms with Crippen molar-refractivity contribution < 1.29 is 4.79 Å². The van der Waals surface area contributed by atoms with Gasteiger partial charge in [-0.3, -0.25) is 9.89 Å². The zero-order valence-corrected chi connectivity index (χ0v) is 12.1. The van der Waals surface area contributed by atoms with E-state index in [-0.39, 0.29) is 23.7 Å². The number of aryl methyl sites for hydroxylation is 1. The van der Waals surface area contributed by atoms with Gasteiger partial charge < -0.3 is 15.2 Å². The number of H-pyrrole nitrogens is 1. The molecule has 7 nitrogen and oxygen atoms in total. The van der Waals surface area contributed by atoms with Gasteiger partial charge >= 0.3 is 0 Å². The van der Waals surface area contributed by atoms with Crippen LogP contribution in [0.5, 0.6) is 0 Å². The molecule has 112 valence electrons. The summed E-state index contributed by atoms with van der Waals surface area (Å²) < 4.78 is 2.07. The quantitative estimate of drug-likeness (QED) is 0.875. The third-order valence-electron chi connectivity index (χ3n) is 4.04. The summed E-state index contributed by atoms with van der Waals surface area (Å²) in [7, 11) is 2.01. The number of nitrogens with two attached hydrogens (primary N) is 1. The van der Waals surface area contributed by atoms with Crippen LogP contribution >= 0.6 is 0 Å². The van der Waals surface area contributed by atoms with Crippen LogP contribution in [0.25, 0.3) is 0 Å². The fourth-order valence-electron chi connectivity index (χ4n) is 2.99. The number of anilines is 1. The van der Waals surface area contributed by atoms with Gasteiger partial charge in [-0.1, -0.05) is 12.8 Å². The van der Waals surface area contributed by atoms with Crippen molar-refractivity contribution in [3.05, 3.63) is 29.8 Å². The van der Waals surface area contributed by atoms with Gasteiger partial charge in [0.1, 0.15) is 0 Å². The van der Waals surface area contributed by atoms with Crippen LogP contribution in [0.15, 0.2) is 18.3 Å². The lowest BCUT2D eigenvalue weighted by molar-refractivity contribution is 0.0662. The molecule has 2 aromatic heterocycles. The number of rotatable bonds is 2. The van der Waals surface area contributed by atoms with Gasteiger partial charge in [-0.15, -0.1) is 5.10 Å². The first kappa shape index (κ1) is 13.7. The molecule has 0 saturated carbocycles. The molecule has 1 atom stereocenters. The Labute approximate surface area is 123 Å². The van der Waals surface area contributed by atoms with Gasteiger partial charge in [0.25, 0.3) is 5.91 Å². The summed E-state index contributed by atoms with van der Waals surface area (Å²) in [5.74, 6) is 0.185. The monoisotopic (exact) mass is 288 g/mol. The zero-order chi connectivity index (χ0) is 14.8. The van der Waals surface area contributed by atoms with Gasteiger partial charge in [-0.25, -0.2) is 0 Å². The molecule has 7 heteroatoms. The third-order valence-corrected chi connectivity index (χ3v) is 4.04. The van der Waals surface area contributed by atoms with Crippen LogP contribution < -0.4 is 5.73 Å². The number of carbonyl (C=O) groups excluding carboxylic acids is 1. The lowest BCUT2D eigenvalue weighted by atomic mass is 10.1. The maximum Gasteiger partial charge on any atom is 0.291 e. The summed E-state index contributed by atoms with van der Waals surface area (Å²) in [5, 5.41) is 6.37. The minimum atomic E-state index is -0.132. The minimum Gasteiger partial charge on any atom is -0.366 e. The van der Waals surface area contributed by atoms with E-state index in [1.807, 2.05) is 24.2 Å². The average molecular weight is 288 g/mol. The maximum atomic E-state index is 12.7. The number of carbonyl (C=O) groups is 1. The number of nitrogens with one attached hydrogen (secondary N) is 1. The van der Waals surface area contributed by atoms with Gasteiger partial charge in [-0.05, 0) is 25.0 Å². The van der Waals surface area contributed by atoms with Crippen molar-refractivity contribution >= 4 is 11.9 Å². The van der Waals surface area contributed by atoms with Crippen molar-refractivity contribution in [1.82, 2.24) is 24.6 Å². The molecule has 1 saturated heterocycles. The molecule has 21 heavy (non-hydrogen) atoms. The molecule has 3 N–H and O–H groups in total. The van der Waals surface area contributed by atoms with Crippen molar-refractivity contribution in [3.63, 3.8) is 0 Å². The van der Waals surface area contributed by atoms with E-state index in [0.29, 0.717) is 0 Å². The van der Waals surface area contributed by atoms with Crippen LogP contribution in [-0.4, -0.2) is 37.1 Å². The molecule has 0 spiro atoms. The first-order chi connectivity index (χ1) is 10.2. The van der Waals surface area contributed by atoms with Crippen LogP contribution in [0, 0.1) is 0 Å². The highest BCUT2D eigenvalue weighted by molar-refractivity contribution is 5.91. The Morgan fingerprint density at radius 3 is 2.95 bits per heavy atom. The molecule has 1 aliphatic heterocycles. The van der Waals surface area contributed by atoms with E-state index in [1.54, 1.807) is 0 Å². The zero-order valence-electron chi connectivity index (χ0n) is 12.1. The minimum absolute atomic E-state index is 0.0753. The second-order valence-electron chi connectivity index (χ2n) is 5.45. The molecule has 1 fully saturated rings. The highest BCUT2D eigenvalue weighted by atomic mass is 16.2. The van der Waals surface area contributed by atoms with E-state index in [2.05, 4.69) is 25.8 Å². The first-order valence-electron chi connectivity index (χ1n) is 7.27. The van der Waals surface area contributed by atoms with E-state index in [4.69, 9.17) is 5.73 Å². The third kappa shape index (κ3) is 2.63. The Hall–Kier alpha value is -2.31. The smallest absolute Gasteiger partial charge is 0.291 e. The van der Waals surface area contributed by atoms with Crippen molar-refractivity contribution in [1.29, 1.82) is 0 Å². The number of likely N-dealkylation sites (tertiary alicyclic amines) is 1. The summed E-state index contributed by atoms with van der Waals surface area (Å²) in [4.78, 5) is 18.6. The van der Waals surface area contributed by atoms with Crippen molar-refractivity contribution in [3.8, 4) is 0 Å². The van der Waals surface area contributed by atoms with Crippen LogP contribution in [0.1, 0.15) is 48.0 Å². The molecule has 1 aliphatic rings. The number of nitrogen functional groups attached to an aromatic ring is 1. The molecule has 0 radical (unpaired) electrons. The Morgan fingerprint density at radius 2 is 2.29 bits per heavy atom. The van der Waals surface area contributed by atoms with Gasteiger partial charge in [0.2, 0.25) is 11.8 Å². The molecule has 3 rings (SSSR count). The van der Waals surface area contributed by atoms with Gasteiger partial charge in [0, 0.05) is 25.5 Å². The van der Waals surface area contributed by atoms with E-state index in [1.165, 1.54) is 0 Å². The maximum absolute atomic E-state index is 12.7. The molecular formula is C14H20N6O. The Bertz CT molecular complexity index is 631. The van der Waals surface area contributed by atoms with Gasteiger partial charge in [0.05, 0.1) is 6.04 Å². The summed E-state index contributed by atoms with van der Waals surface area (Å²) in [6, 6.07) is 4.16. The normalized spacial score (nSPS) is 19.5. The standard InChI is InChI=1S/C14H20N6O/c1-19-8-5-7-10(19)11-6-3-2-4-9-20(11)13(21)12-16-14(15)18-17-12/h5,7-8,11H,2-4,6,9H2,1H3,(H3,15,16,17,18). The SMILES string of the molecule is Cn1cccc1C1CCCCCN1C(=O)c1nc(N)n[nH]1. The lowest BCUT2D eigenvalue weighted by Crippen LogP contribution is -2.36. The summed E-state index contributed by atoms with van der Waals surface area (Å²) in [6.07, 6.45) is 6.25. The van der Waals surface area contributed by atoms with E-state index < -0.39 is 0 Å². The average Bonchev–Trinajstić information content (AvgIpc) is 3.00. The molecule has 0 aromatic carbocycles. The number of nitrogens with zero attached hydrogens (tertiary/aromatic N) is 4. The summed E-state index contributed by atoms with van der Waals surface area (Å²) in [5.41, 5.74) is 6.65. The van der Waals surface area contributed by atoms with Gasteiger partial charge in [0.15, 0.2) is 0 Å². The molecule has 1 amide bonds. The first-order valence-corrected chi connectivity index (χ1v) is 7.27. The highest BCUT2D eigenvalue weighted by Crippen LogP contribution is 2.31. The second kappa shape index (κ2) is 5.59. The lowest BCUT2D eigenvalue weighted by Gasteiger charge is -2.29. The predicted octanol–water partition coefficient (Wildman–Crippen LogP) is 1.48. The van der Waals surface area contributed by atoms with Crippen LogP contribution in [0.3, 0.4) is 0 Å². The predicted molar refractivity (Wildman–Crippen MR) is 78.5 cm³/mol. The Morgan fingerprint density at radius 1 is 1.43 bits per heavy atom. The van der Waals surface area contributed by atoms with Gasteiger partial charge in [-0.2, -0.15) is 4.98 Å². The molecule has 3 heterocycles. The van der Waals surface area contributed by atoms with Crippen molar-refractivity contribution in [2.45, 2.75) is 31.7 Å². The molecule has 2 aromatic rings. The van der Waals surface area contributed by atoms with Crippen LogP contribution in [0.4, 0.5) is 5.95 Å². The number of aromatic amines is 1. The van der Waals surface area contributed by atoms with Crippen molar-refractivity contribution in [2.24, 2.45) is 7.05 Å². The molecule has 1 unspecified atom stereocenters. The second-order valence-corrected chi connectivity index (χ2v) is 5.45. The molecular weight excluding hydrogens is 268 g/mol. The number of aromatic nitrogens is 4. The van der Waals surface area contributed by atoms with Crippen molar-refractivity contribution in [2.75, 3.05) is 12.3 Å². The summed E-state index contributed by atoms with van der Waals surface area (Å²) in [6.45, 7) is 0.731. The largest absolute Gasteiger partial charge is 0.366 e. The van der Waals surface area contributed by atoms with E-state index in [0.717, 1.165) is 37.9 Å².